The molecule has 26 heavy (non-hydrogen) atoms. The Morgan fingerprint density at radius 1 is 1.27 bits per heavy atom. The first-order valence-electron chi connectivity index (χ1n) is 8.97. The van der Waals surface area contributed by atoms with E-state index in [0.717, 1.165) is 47.1 Å². The van der Waals surface area contributed by atoms with E-state index in [0.29, 0.717) is 0 Å². The first-order chi connectivity index (χ1) is 12.4. The van der Waals surface area contributed by atoms with Gasteiger partial charge in [-0.15, -0.1) is 0 Å². The predicted molar refractivity (Wildman–Crippen MR) is 106 cm³/mol. The monoisotopic (exact) mass is 372 g/mol. The fourth-order valence-electron chi connectivity index (χ4n) is 3.25. The number of nitrogens with one attached hydrogen (secondary N) is 1. The number of hydrogen-bond acceptors (Lipinski definition) is 3. The van der Waals surface area contributed by atoms with Crippen LogP contribution in [0.5, 0.6) is 5.75 Å². The van der Waals surface area contributed by atoms with Crippen LogP contribution < -0.4 is 15.0 Å². The Labute approximate surface area is 160 Å². The van der Waals surface area contributed by atoms with E-state index < -0.39 is 0 Å². The lowest BCUT2D eigenvalue weighted by Crippen LogP contribution is -2.24. The molecule has 0 aromatic heterocycles. The van der Waals surface area contributed by atoms with Gasteiger partial charge in [0.25, 0.3) is 0 Å². The molecule has 1 saturated heterocycles. The molecular weight excluding hydrogens is 348 g/mol. The summed E-state index contributed by atoms with van der Waals surface area (Å²) in [6.45, 7) is 7.32. The number of carbonyl (C=O) groups excluding carboxylic acids is 1. The van der Waals surface area contributed by atoms with E-state index in [-0.39, 0.29) is 18.1 Å². The molecule has 1 aliphatic heterocycles. The van der Waals surface area contributed by atoms with E-state index in [1.54, 1.807) is 0 Å². The highest BCUT2D eigenvalue weighted by atomic mass is 35.5. The first-order valence-corrected chi connectivity index (χ1v) is 9.35. The third-order valence-corrected chi connectivity index (χ3v) is 5.18. The molecule has 0 saturated carbocycles. The zero-order valence-electron chi connectivity index (χ0n) is 15.5. The molecule has 4 nitrogen and oxygen atoms in total. The fourth-order valence-corrected chi connectivity index (χ4v) is 3.43. The zero-order chi connectivity index (χ0) is 18.7. The molecule has 0 bridgehead atoms. The lowest BCUT2D eigenvalue weighted by molar-refractivity contribution is -0.119. The minimum atomic E-state index is -0.0277. The number of rotatable bonds is 5. The normalized spacial score (nSPS) is 17.8. The van der Waals surface area contributed by atoms with Gasteiger partial charge in [-0.25, -0.2) is 0 Å². The number of benzene rings is 2. The van der Waals surface area contributed by atoms with E-state index >= 15 is 0 Å². The molecule has 2 unspecified atom stereocenters. The highest BCUT2D eigenvalue weighted by molar-refractivity contribution is 6.31. The maximum atomic E-state index is 11.2. The predicted octanol–water partition coefficient (Wildman–Crippen LogP) is 4.50. The fraction of sp³-hybridized carbons (Fsp3) is 0.381. The summed E-state index contributed by atoms with van der Waals surface area (Å²) in [5, 5.41) is 3.69. The molecule has 1 heterocycles. The number of amides is 1. The van der Waals surface area contributed by atoms with Gasteiger partial charge in [0.1, 0.15) is 11.9 Å². The number of halogens is 1. The number of hydrogen-bond donors (Lipinski definition) is 1. The van der Waals surface area contributed by atoms with Crippen molar-refractivity contribution in [3.05, 3.63) is 58.6 Å². The van der Waals surface area contributed by atoms with E-state index in [2.05, 4.69) is 22.3 Å². The Morgan fingerprint density at radius 2 is 2.00 bits per heavy atom. The summed E-state index contributed by atoms with van der Waals surface area (Å²) in [6.07, 6.45) is 1.14. The maximum Gasteiger partial charge on any atom is 0.217 e. The SMILES string of the molecule is CC(=O)NC(C)c1ccc(OC2CCN(c3ccc(C)c(Cl)c3)C2)cc1. The van der Waals surface area contributed by atoms with Gasteiger partial charge in [-0.1, -0.05) is 29.8 Å². The Kier molecular flexibility index (Phi) is 5.72. The molecule has 2 aromatic carbocycles. The third kappa shape index (κ3) is 4.50. The highest BCUT2D eigenvalue weighted by Crippen LogP contribution is 2.28. The van der Waals surface area contributed by atoms with Gasteiger partial charge in [-0.3, -0.25) is 4.79 Å². The lowest BCUT2D eigenvalue weighted by atomic mass is 10.1. The number of carbonyl (C=O) groups is 1. The molecule has 0 aliphatic carbocycles. The van der Waals surface area contributed by atoms with Crippen LogP contribution in [0.2, 0.25) is 5.02 Å². The van der Waals surface area contributed by atoms with Crippen molar-refractivity contribution < 1.29 is 9.53 Å². The quantitative estimate of drug-likeness (QED) is 0.839. The van der Waals surface area contributed by atoms with Crippen LogP contribution in [0.4, 0.5) is 5.69 Å². The molecule has 0 spiro atoms. The largest absolute Gasteiger partial charge is 0.489 e. The lowest BCUT2D eigenvalue weighted by Gasteiger charge is -2.20. The summed E-state index contributed by atoms with van der Waals surface area (Å²) in [5.41, 5.74) is 3.30. The molecule has 1 aliphatic rings. The molecule has 138 valence electrons. The van der Waals surface area contributed by atoms with Crippen molar-refractivity contribution in [2.75, 3.05) is 18.0 Å². The van der Waals surface area contributed by atoms with Crippen LogP contribution in [0.1, 0.15) is 37.4 Å². The molecular formula is C21H25ClN2O2. The number of ether oxygens (including phenoxy) is 1. The van der Waals surface area contributed by atoms with Crippen molar-refractivity contribution in [2.24, 2.45) is 0 Å². The minimum Gasteiger partial charge on any atom is -0.489 e. The minimum absolute atomic E-state index is 0.00481. The number of nitrogens with zero attached hydrogens (tertiary/aromatic N) is 1. The molecule has 1 fully saturated rings. The van der Waals surface area contributed by atoms with Crippen LogP contribution in [0.15, 0.2) is 42.5 Å². The summed E-state index contributed by atoms with van der Waals surface area (Å²) in [7, 11) is 0. The molecule has 5 heteroatoms. The topological polar surface area (TPSA) is 41.6 Å². The zero-order valence-corrected chi connectivity index (χ0v) is 16.2. The standard InChI is InChI=1S/C21H25ClN2O2/c1-14-4-7-18(12-21(14)22)24-11-10-20(13-24)26-19-8-5-17(6-9-19)15(2)23-16(3)25/h4-9,12,15,20H,10-11,13H2,1-3H3,(H,23,25). The van der Waals surface area contributed by atoms with E-state index in [4.69, 9.17) is 16.3 Å². The van der Waals surface area contributed by atoms with Crippen LogP contribution in [0.25, 0.3) is 0 Å². The summed E-state index contributed by atoms with van der Waals surface area (Å²) in [6, 6.07) is 14.1. The summed E-state index contributed by atoms with van der Waals surface area (Å²) < 4.78 is 6.13. The van der Waals surface area contributed by atoms with Gasteiger partial charge < -0.3 is 15.0 Å². The summed E-state index contributed by atoms with van der Waals surface area (Å²) >= 11 is 6.25. The Bertz CT molecular complexity index is 776. The van der Waals surface area contributed by atoms with Gasteiger partial charge in [-0.05, 0) is 49.2 Å². The van der Waals surface area contributed by atoms with Crippen LogP contribution in [0.3, 0.4) is 0 Å². The summed E-state index contributed by atoms with van der Waals surface area (Å²) in [4.78, 5) is 13.5. The highest BCUT2D eigenvalue weighted by Gasteiger charge is 2.24. The van der Waals surface area contributed by atoms with Gasteiger partial charge >= 0.3 is 0 Å². The summed E-state index contributed by atoms with van der Waals surface area (Å²) in [5.74, 6) is 0.831. The van der Waals surface area contributed by atoms with E-state index in [1.165, 1.54) is 6.92 Å². The maximum absolute atomic E-state index is 11.2. The van der Waals surface area contributed by atoms with Gasteiger partial charge in [0.05, 0.1) is 12.6 Å². The average Bonchev–Trinajstić information content (AvgIpc) is 3.06. The van der Waals surface area contributed by atoms with Gasteiger partial charge in [0.15, 0.2) is 0 Å². The van der Waals surface area contributed by atoms with E-state index in [9.17, 15) is 4.79 Å². The first kappa shape index (κ1) is 18.6. The molecule has 1 amide bonds. The Hall–Kier alpha value is -2.20. The van der Waals surface area contributed by atoms with Crippen LogP contribution >= 0.6 is 11.6 Å². The molecule has 2 aromatic rings. The van der Waals surface area contributed by atoms with E-state index in [1.807, 2.05) is 44.2 Å². The third-order valence-electron chi connectivity index (χ3n) is 4.77. The van der Waals surface area contributed by atoms with Crippen LogP contribution in [-0.2, 0) is 4.79 Å². The van der Waals surface area contributed by atoms with Crippen molar-refractivity contribution in [3.8, 4) is 5.75 Å². The Morgan fingerprint density at radius 3 is 2.65 bits per heavy atom. The molecule has 0 radical (unpaired) electrons. The number of anilines is 1. The van der Waals surface area contributed by atoms with Crippen LogP contribution in [-0.4, -0.2) is 25.1 Å². The molecule has 3 rings (SSSR count). The van der Waals surface area contributed by atoms with Crippen LogP contribution in [0, 0.1) is 6.92 Å². The molecule has 1 N–H and O–H groups in total. The van der Waals surface area contributed by atoms with Crippen molar-refractivity contribution in [3.63, 3.8) is 0 Å². The van der Waals surface area contributed by atoms with Crippen molar-refractivity contribution in [1.82, 2.24) is 5.32 Å². The molecule has 2 atom stereocenters. The second kappa shape index (κ2) is 8.00. The second-order valence-corrected chi connectivity index (χ2v) is 7.31. The van der Waals surface area contributed by atoms with Gasteiger partial charge in [0, 0.05) is 30.6 Å². The van der Waals surface area contributed by atoms with Crippen molar-refractivity contribution >= 4 is 23.2 Å². The van der Waals surface area contributed by atoms with Gasteiger partial charge in [-0.2, -0.15) is 0 Å². The van der Waals surface area contributed by atoms with Gasteiger partial charge in [0.2, 0.25) is 5.91 Å². The second-order valence-electron chi connectivity index (χ2n) is 6.90. The van der Waals surface area contributed by atoms with Crippen molar-refractivity contribution in [1.29, 1.82) is 0 Å². The van der Waals surface area contributed by atoms with Crippen molar-refractivity contribution in [2.45, 2.75) is 39.3 Å². The average molecular weight is 373 g/mol. The smallest absolute Gasteiger partial charge is 0.217 e. The number of aryl methyl sites for hydroxylation is 1. The Balaban J connectivity index is 1.58.